The smallest absolute Gasteiger partial charge is 0.103 e. The van der Waals surface area contributed by atoms with Crippen LogP contribution in [0.3, 0.4) is 0 Å². The summed E-state index contributed by atoms with van der Waals surface area (Å²) >= 11 is 1.65. The van der Waals surface area contributed by atoms with E-state index in [4.69, 9.17) is 0 Å². The second-order valence-corrected chi connectivity index (χ2v) is 6.00. The van der Waals surface area contributed by atoms with E-state index in [9.17, 15) is 5.26 Å². The zero-order chi connectivity index (χ0) is 13.1. The summed E-state index contributed by atoms with van der Waals surface area (Å²) in [6.07, 6.45) is 4.54. The van der Waals surface area contributed by atoms with E-state index in [1.54, 1.807) is 11.8 Å². The predicted molar refractivity (Wildman–Crippen MR) is 78.1 cm³/mol. The highest BCUT2D eigenvalue weighted by molar-refractivity contribution is 7.98. The van der Waals surface area contributed by atoms with Crippen LogP contribution < -0.4 is 4.90 Å². The van der Waals surface area contributed by atoms with Gasteiger partial charge in [0.25, 0.3) is 0 Å². The van der Waals surface area contributed by atoms with Crippen LogP contribution in [0.1, 0.15) is 32.3 Å². The van der Waals surface area contributed by atoms with Crippen LogP contribution in [0, 0.1) is 17.2 Å². The van der Waals surface area contributed by atoms with Crippen LogP contribution in [-0.2, 0) is 0 Å². The minimum atomic E-state index is 0.533. The van der Waals surface area contributed by atoms with E-state index in [1.165, 1.54) is 12.8 Å². The molecular formula is C15H20N2S. The molecule has 2 nitrogen and oxygen atoms in total. The number of rotatable bonds is 2. The Hall–Kier alpha value is -1.14. The Labute approximate surface area is 114 Å². The van der Waals surface area contributed by atoms with Gasteiger partial charge in [-0.15, -0.1) is 11.8 Å². The molecule has 0 saturated carbocycles. The summed E-state index contributed by atoms with van der Waals surface area (Å²) in [7, 11) is 0. The number of nitrogens with zero attached hydrogens (tertiary/aromatic N) is 2. The summed E-state index contributed by atoms with van der Waals surface area (Å²) in [5.74, 6) is 0.714. The molecule has 0 radical (unpaired) electrons. The van der Waals surface area contributed by atoms with Gasteiger partial charge in [0.05, 0.1) is 11.3 Å². The molecule has 1 aliphatic rings. The lowest BCUT2D eigenvalue weighted by Gasteiger charge is -2.39. The molecule has 1 aromatic carbocycles. The number of piperidine rings is 1. The van der Waals surface area contributed by atoms with Crippen LogP contribution >= 0.6 is 11.8 Å². The van der Waals surface area contributed by atoms with E-state index in [0.717, 1.165) is 22.7 Å². The lowest BCUT2D eigenvalue weighted by Crippen LogP contribution is -2.41. The molecule has 96 valence electrons. The van der Waals surface area contributed by atoms with E-state index in [1.807, 2.05) is 12.3 Å². The number of benzene rings is 1. The van der Waals surface area contributed by atoms with Crippen molar-refractivity contribution in [3.63, 3.8) is 0 Å². The predicted octanol–water partition coefficient (Wildman–Crippen LogP) is 3.90. The lowest BCUT2D eigenvalue weighted by atomic mass is 9.94. The van der Waals surface area contributed by atoms with Crippen LogP contribution in [0.15, 0.2) is 23.1 Å². The van der Waals surface area contributed by atoms with E-state index in [0.29, 0.717) is 12.0 Å². The van der Waals surface area contributed by atoms with Gasteiger partial charge in [0.15, 0.2) is 0 Å². The fourth-order valence-corrected chi connectivity index (χ4v) is 3.23. The summed E-state index contributed by atoms with van der Waals surface area (Å²) in [6, 6.07) is 9.10. The molecule has 2 rings (SSSR count). The first kappa shape index (κ1) is 13.3. The van der Waals surface area contributed by atoms with Crippen LogP contribution in [0.2, 0.25) is 0 Å². The Balaban J connectivity index is 2.41. The molecule has 1 fully saturated rings. The molecule has 0 aromatic heterocycles. The maximum Gasteiger partial charge on any atom is 0.103 e. The minimum Gasteiger partial charge on any atom is -0.367 e. The first-order valence-electron chi connectivity index (χ1n) is 6.51. The zero-order valence-corrected chi connectivity index (χ0v) is 12.1. The van der Waals surface area contributed by atoms with Crippen molar-refractivity contribution in [2.45, 2.75) is 37.6 Å². The fourth-order valence-electron chi connectivity index (χ4n) is 2.67. The number of hydrogen-bond donors (Lipinski definition) is 0. The average Bonchev–Trinajstić information content (AvgIpc) is 2.40. The van der Waals surface area contributed by atoms with E-state index in [2.05, 4.69) is 36.9 Å². The van der Waals surface area contributed by atoms with Crippen molar-refractivity contribution in [2.24, 2.45) is 5.92 Å². The maximum absolute atomic E-state index is 9.42. The van der Waals surface area contributed by atoms with Crippen LogP contribution in [0.25, 0.3) is 0 Å². The van der Waals surface area contributed by atoms with Crippen molar-refractivity contribution in [2.75, 3.05) is 17.7 Å². The topological polar surface area (TPSA) is 27.0 Å². The van der Waals surface area contributed by atoms with Gasteiger partial charge in [0.2, 0.25) is 0 Å². The van der Waals surface area contributed by atoms with Crippen LogP contribution in [0.4, 0.5) is 5.69 Å². The molecular weight excluding hydrogens is 240 g/mol. The first-order chi connectivity index (χ1) is 8.67. The van der Waals surface area contributed by atoms with Gasteiger partial charge in [0.1, 0.15) is 6.07 Å². The molecule has 0 aliphatic carbocycles. The molecule has 1 aromatic rings. The van der Waals surface area contributed by atoms with Crippen LogP contribution in [-0.4, -0.2) is 18.8 Å². The van der Waals surface area contributed by atoms with Crippen molar-refractivity contribution in [3.05, 3.63) is 23.8 Å². The van der Waals surface area contributed by atoms with Crippen molar-refractivity contribution in [3.8, 4) is 6.07 Å². The highest BCUT2D eigenvalue weighted by Crippen LogP contribution is 2.33. The van der Waals surface area contributed by atoms with Crippen molar-refractivity contribution in [1.29, 1.82) is 5.26 Å². The van der Waals surface area contributed by atoms with E-state index < -0.39 is 0 Å². The number of hydrogen-bond acceptors (Lipinski definition) is 3. The number of thioether (sulfide) groups is 1. The molecule has 0 N–H and O–H groups in total. The van der Waals surface area contributed by atoms with Crippen molar-refractivity contribution >= 4 is 17.4 Å². The van der Waals surface area contributed by atoms with Gasteiger partial charge in [-0.2, -0.15) is 5.26 Å². The molecule has 2 unspecified atom stereocenters. The van der Waals surface area contributed by atoms with E-state index >= 15 is 0 Å². The summed E-state index contributed by atoms with van der Waals surface area (Å²) in [5.41, 5.74) is 1.95. The summed E-state index contributed by atoms with van der Waals surface area (Å²) in [4.78, 5) is 3.49. The van der Waals surface area contributed by atoms with Gasteiger partial charge in [-0.3, -0.25) is 0 Å². The molecule has 1 saturated heterocycles. The molecule has 3 heteroatoms. The normalized spacial score (nSPS) is 23.8. The van der Waals surface area contributed by atoms with Gasteiger partial charge in [-0.1, -0.05) is 13.0 Å². The summed E-state index contributed by atoms with van der Waals surface area (Å²) in [5, 5.41) is 9.42. The first-order valence-corrected chi connectivity index (χ1v) is 7.73. The average molecular weight is 260 g/mol. The Morgan fingerprint density at radius 2 is 2.11 bits per heavy atom. The lowest BCUT2D eigenvalue weighted by molar-refractivity contribution is 0.390. The number of nitriles is 1. The fraction of sp³-hybridized carbons (Fsp3) is 0.533. The Morgan fingerprint density at radius 3 is 2.78 bits per heavy atom. The minimum absolute atomic E-state index is 0.533. The second-order valence-electron chi connectivity index (χ2n) is 5.15. The SMILES string of the molecule is CSc1cccc(N2CC(C)CCC2C)c1C#N. The van der Waals surface area contributed by atoms with Crippen molar-refractivity contribution in [1.82, 2.24) is 0 Å². The summed E-state index contributed by atoms with van der Waals surface area (Å²) < 4.78 is 0. The third-order valence-corrected chi connectivity index (χ3v) is 4.54. The van der Waals surface area contributed by atoms with Gasteiger partial charge in [-0.25, -0.2) is 0 Å². The van der Waals surface area contributed by atoms with Crippen molar-refractivity contribution < 1.29 is 0 Å². The Bertz CT molecular complexity index is 464. The van der Waals surface area contributed by atoms with Crippen LogP contribution in [0.5, 0.6) is 0 Å². The number of anilines is 1. The molecule has 0 spiro atoms. The Morgan fingerprint density at radius 1 is 1.33 bits per heavy atom. The Kier molecular flexibility index (Phi) is 4.19. The third-order valence-electron chi connectivity index (χ3n) is 3.76. The van der Waals surface area contributed by atoms with Gasteiger partial charge < -0.3 is 4.90 Å². The quantitative estimate of drug-likeness (QED) is 0.754. The van der Waals surface area contributed by atoms with Gasteiger partial charge >= 0.3 is 0 Å². The molecule has 1 heterocycles. The molecule has 0 amide bonds. The standard InChI is InChI=1S/C15H20N2S/c1-11-7-8-12(2)17(10-11)14-5-4-6-15(18-3)13(14)9-16/h4-6,11-12H,7-8,10H2,1-3H3. The highest BCUT2D eigenvalue weighted by Gasteiger charge is 2.25. The van der Waals surface area contributed by atoms with Gasteiger partial charge in [-0.05, 0) is 44.1 Å². The third kappa shape index (κ3) is 2.49. The monoisotopic (exact) mass is 260 g/mol. The molecule has 0 bridgehead atoms. The summed E-state index contributed by atoms with van der Waals surface area (Å²) in [6.45, 7) is 5.62. The van der Waals surface area contributed by atoms with E-state index in [-0.39, 0.29) is 0 Å². The molecule has 2 atom stereocenters. The highest BCUT2D eigenvalue weighted by atomic mass is 32.2. The van der Waals surface area contributed by atoms with Gasteiger partial charge in [0, 0.05) is 17.5 Å². The molecule has 18 heavy (non-hydrogen) atoms. The second kappa shape index (κ2) is 5.67. The molecule has 1 aliphatic heterocycles. The zero-order valence-electron chi connectivity index (χ0n) is 11.3. The largest absolute Gasteiger partial charge is 0.367 e. The maximum atomic E-state index is 9.42.